The number of aromatic nitrogens is 1. The Bertz CT molecular complexity index is 482. The minimum Gasteiger partial charge on any atom is -0.432 e. The van der Waals surface area contributed by atoms with Gasteiger partial charge in [0.05, 0.1) is 6.61 Å². The van der Waals surface area contributed by atoms with E-state index in [1.165, 1.54) is 11.8 Å². The van der Waals surface area contributed by atoms with Crippen LogP contribution in [-0.2, 0) is 13.2 Å². The number of nitrogens with zero attached hydrogens (tertiary/aromatic N) is 2. The van der Waals surface area contributed by atoms with E-state index in [1.54, 1.807) is 0 Å². The van der Waals surface area contributed by atoms with Gasteiger partial charge in [-0.25, -0.2) is 0 Å². The molecule has 1 heterocycles. The van der Waals surface area contributed by atoms with Crippen LogP contribution in [0.5, 0.6) is 0 Å². The van der Waals surface area contributed by atoms with Crippen LogP contribution in [-0.4, -0.2) is 17.1 Å². The van der Waals surface area contributed by atoms with E-state index in [-0.39, 0.29) is 6.61 Å². The number of oxazole rings is 1. The average molecular weight is 297 g/mol. The average Bonchev–Trinajstić information content (AvgIpc) is 2.81. The van der Waals surface area contributed by atoms with Crippen LogP contribution in [0, 0.1) is 0 Å². The van der Waals surface area contributed by atoms with Crippen molar-refractivity contribution in [2.24, 2.45) is 0 Å². The summed E-state index contributed by atoms with van der Waals surface area (Å²) in [4.78, 5) is 6.03. The van der Waals surface area contributed by atoms with Gasteiger partial charge >= 0.3 is 0 Å². The lowest BCUT2D eigenvalue weighted by molar-refractivity contribution is 0.276. The van der Waals surface area contributed by atoms with Crippen molar-refractivity contribution in [3.05, 3.63) is 46.3 Å². The lowest BCUT2D eigenvalue weighted by Gasteiger charge is -2.14. The molecule has 0 aliphatic rings. The summed E-state index contributed by atoms with van der Waals surface area (Å²) < 4.78 is 6.32. The first-order chi connectivity index (χ1) is 8.19. The summed E-state index contributed by atoms with van der Waals surface area (Å²) in [6.45, 7) is 0.605. The highest BCUT2D eigenvalue weighted by Gasteiger charge is 2.08. The number of hydrogen-bond acceptors (Lipinski definition) is 4. The molecule has 0 saturated carbocycles. The number of anilines is 1. The molecule has 0 saturated heterocycles. The van der Waals surface area contributed by atoms with Crippen molar-refractivity contribution in [3.63, 3.8) is 0 Å². The van der Waals surface area contributed by atoms with Gasteiger partial charge < -0.3 is 14.4 Å². The van der Waals surface area contributed by atoms with E-state index in [0.717, 1.165) is 4.47 Å². The van der Waals surface area contributed by atoms with Gasteiger partial charge in [0.25, 0.3) is 6.01 Å². The molecule has 17 heavy (non-hydrogen) atoms. The number of benzene rings is 1. The van der Waals surface area contributed by atoms with E-state index < -0.39 is 0 Å². The summed E-state index contributed by atoms with van der Waals surface area (Å²) in [6, 6.07) is 8.58. The van der Waals surface area contributed by atoms with Crippen molar-refractivity contribution in [3.8, 4) is 0 Å². The fourth-order valence-corrected chi connectivity index (χ4v) is 1.74. The summed E-state index contributed by atoms with van der Waals surface area (Å²) in [7, 11) is 1.90. The van der Waals surface area contributed by atoms with E-state index in [2.05, 4.69) is 20.9 Å². The summed E-state index contributed by atoms with van der Waals surface area (Å²) in [5.41, 5.74) is 1.71. The van der Waals surface area contributed by atoms with Crippen molar-refractivity contribution >= 4 is 21.9 Å². The van der Waals surface area contributed by atoms with Crippen molar-refractivity contribution in [1.82, 2.24) is 4.98 Å². The van der Waals surface area contributed by atoms with Crippen LogP contribution >= 0.6 is 15.9 Å². The Morgan fingerprint density at radius 3 is 2.65 bits per heavy atom. The molecular weight excluding hydrogens is 284 g/mol. The summed E-state index contributed by atoms with van der Waals surface area (Å²) in [5, 5.41) is 8.91. The molecule has 90 valence electrons. The third kappa shape index (κ3) is 3.08. The van der Waals surface area contributed by atoms with E-state index >= 15 is 0 Å². The first kappa shape index (κ1) is 12.1. The van der Waals surface area contributed by atoms with Gasteiger partial charge in [0.1, 0.15) is 12.0 Å². The van der Waals surface area contributed by atoms with Crippen molar-refractivity contribution in [1.29, 1.82) is 0 Å². The number of rotatable bonds is 4. The summed E-state index contributed by atoms with van der Waals surface area (Å²) in [6.07, 6.45) is 1.47. The van der Waals surface area contributed by atoms with Gasteiger partial charge in [-0.3, -0.25) is 0 Å². The fourth-order valence-electron chi connectivity index (χ4n) is 1.48. The van der Waals surface area contributed by atoms with Crippen LogP contribution in [0.1, 0.15) is 11.3 Å². The van der Waals surface area contributed by atoms with Crippen LogP contribution in [0.25, 0.3) is 0 Å². The Morgan fingerprint density at radius 2 is 2.06 bits per heavy atom. The first-order valence-electron chi connectivity index (χ1n) is 5.20. The number of hydrogen-bond donors (Lipinski definition) is 1. The molecular formula is C12H13BrN2O2. The van der Waals surface area contributed by atoms with E-state index in [0.29, 0.717) is 18.3 Å². The molecule has 0 radical (unpaired) electrons. The highest BCUT2D eigenvalue weighted by atomic mass is 79.9. The van der Waals surface area contributed by atoms with Gasteiger partial charge in [-0.1, -0.05) is 28.1 Å². The largest absolute Gasteiger partial charge is 0.432 e. The maximum atomic E-state index is 8.91. The molecule has 0 aliphatic heterocycles. The topological polar surface area (TPSA) is 49.5 Å². The van der Waals surface area contributed by atoms with Crippen molar-refractivity contribution in [2.75, 3.05) is 11.9 Å². The second kappa shape index (κ2) is 5.33. The lowest BCUT2D eigenvalue weighted by atomic mass is 10.2. The van der Waals surface area contributed by atoms with Crippen LogP contribution in [0.15, 0.2) is 39.4 Å². The zero-order valence-corrected chi connectivity index (χ0v) is 11.0. The molecule has 4 nitrogen and oxygen atoms in total. The molecule has 1 N–H and O–H groups in total. The molecule has 0 unspecified atom stereocenters. The molecule has 2 rings (SSSR count). The number of aliphatic hydroxyl groups is 1. The minimum atomic E-state index is -0.102. The molecule has 0 bridgehead atoms. The van der Waals surface area contributed by atoms with Gasteiger partial charge in [0, 0.05) is 18.1 Å². The Morgan fingerprint density at radius 1 is 1.35 bits per heavy atom. The lowest BCUT2D eigenvalue weighted by Crippen LogP contribution is -2.16. The third-order valence-corrected chi connectivity index (χ3v) is 2.89. The van der Waals surface area contributed by atoms with E-state index in [4.69, 9.17) is 9.52 Å². The van der Waals surface area contributed by atoms with Crippen LogP contribution in [0.4, 0.5) is 6.01 Å². The standard InChI is InChI=1S/C12H13BrN2O2/c1-15(12-14-11(7-16)8-17-12)6-9-2-4-10(13)5-3-9/h2-5,8,16H,6-7H2,1H3. The predicted molar refractivity (Wildman–Crippen MR) is 68.7 cm³/mol. The Hall–Kier alpha value is -1.33. The Labute approximate surface area is 108 Å². The second-order valence-corrected chi connectivity index (χ2v) is 4.68. The van der Waals surface area contributed by atoms with Crippen LogP contribution < -0.4 is 4.90 Å². The highest BCUT2D eigenvalue weighted by molar-refractivity contribution is 9.10. The number of aliphatic hydroxyl groups excluding tert-OH is 1. The maximum absolute atomic E-state index is 8.91. The monoisotopic (exact) mass is 296 g/mol. The third-order valence-electron chi connectivity index (χ3n) is 2.36. The van der Waals surface area contributed by atoms with E-state index in [1.807, 2.05) is 36.2 Å². The van der Waals surface area contributed by atoms with Gasteiger partial charge in [-0.05, 0) is 17.7 Å². The molecule has 0 aliphatic carbocycles. The molecule has 0 amide bonds. The first-order valence-corrected chi connectivity index (χ1v) is 5.99. The molecule has 5 heteroatoms. The van der Waals surface area contributed by atoms with Gasteiger partial charge in [0.2, 0.25) is 0 Å². The minimum absolute atomic E-state index is 0.102. The second-order valence-electron chi connectivity index (χ2n) is 3.76. The zero-order chi connectivity index (χ0) is 12.3. The quantitative estimate of drug-likeness (QED) is 0.942. The summed E-state index contributed by atoms with van der Waals surface area (Å²) in [5.74, 6) is 0. The van der Waals surface area contributed by atoms with Gasteiger partial charge in [-0.15, -0.1) is 0 Å². The van der Waals surface area contributed by atoms with Gasteiger partial charge in [-0.2, -0.15) is 4.98 Å². The smallest absolute Gasteiger partial charge is 0.297 e. The molecule has 0 spiro atoms. The molecule has 1 aromatic heterocycles. The van der Waals surface area contributed by atoms with Crippen LogP contribution in [0.3, 0.4) is 0 Å². The van der Waals surface area contributed by atoms with Crippen molar-refractivity contribution in [2.45, 2.75) is 13.2 Å². The van der Waals surface area contributed by atoms with Crippen molar-refractivity contribution < 1.29 is 9.52 Å². The van der Waals surface area contributed by atoms with Crippen LogP contribution in [0.2, 0.25) is 0 Å². The highest BCUT2D eigenvalue weighted by Crippen LogP contribution is 2.16. The predicted octanol–water partition coefficient (Wildman–Crippen LogP) is 2.57. The SMILES string of the molecule is CN(Cc1ccc(Br)cc1)c1nc(CO)co1. The molecule has 1 aromatic carbocycles. The summed E-state index contributed by atoms with van der Waals surface area (Å²) >= 11 is 3.40. The molecule has 0 fully saturated rings. The zero-order valence-electron chi connectivity index (χ0n) is 9.43. The Kier molecular flexibility index (Phi) is 3.81. The Balaban J connectivity index is 2.05. The maximum Gasteiger partial charge on any atom is 0.297 e. The fraction of sp³-hybridized carbons (Fsp3) is 0.250. The van der Waals surface area contributed by atoms with Gasteiger partial charge in [0.15, 0.2) is 0 Å². The normalized spacial score (nSPS) is 10.5. The van der Waals surface area contributed by atoms with E-state index in [9.17, 15) is 0 Å². The number of halogens is 1. The molecule has 2 aromatic rings. The molecule has 0 atom stereocenters.